The predicted molar refractivity (Wildman–Crippen MR) is 75.0 cm³/mol. The van der Waals surface area contributed by atoms with E-state index in [1.165, 1.54) is 30.2 Å². The molecule has 0 radical (unpaired) electrons. The first-order valence-electron chi connectivity index (χ1n) is 6.71. The third-order valence-electron chi connectivity index (χ3n) is 3.63. The van der Waals surface area contributed by atoms with Crippen LogP contribution in [0, 0.1) is 5.82 Å². The number of hydrogen-bond acceptors (Lipinski definition) is 4. The highest BCUT2D eigenvalue weighted by Gasteiger charge is 2.33. The number of hydrogen-bond donors (Lipinski definition) is 2. The van der Waals surface area contributed by atoms with Crippen LogP contribution in [0.2, 0.25) is 0 Å². The van der Waals surface area contributed by atoms with Crippen LogP contribution in [-0.4, -0.2) is 41.5 Å². The van der Waals surface area contributed by atoms with Gasteiger partial charge in [0.05, 0.1) is 13.2 Å². The van der Waals surface area contributed by atoms with Crippen LogP contribution < -0.4 is 10.5 Å². The Morgan fingerprint density at radius 2 is 2.29 bits per heavy atom. The molecule has 21 heavy (non-hydrogen) atoms. The van der Waals surface area contributed by atoms with Gasteiger partial charge in [0.15, 0.2) is 5.84 Å². The van der Waals surface area contributed by atoms with Crippen LogP contribution in [0.4, 0.5) is 4.39 Å². The summed E-state index contributed by atoms with van der Waals surface area (Å²) in [5, 5.41) is 11.8. The van der Waals surface area contributed by atoms with Gasteiger partial charge in [0, 0.05) is 6.54 Å². The lowest BCUT2D eigenvalue weighted by molar-refractivity contribution is 0.0668. The zero-order chi connectivity index (χ0) is 15.4. The number of rotatable bonds is 3. The van der Waals surface area contributed by atoms with Gasteiger partial charge in [-0.1, -0.05) is 11.2 Å². The zero-order valence-electron chi connectivity index (χ0n) is 11.8. The summed E-state index contributed by atoms with van der Waals surface area (Å²) in [7, 11) is 1.38. The minimum Gasteiger partial charge on any atom is -0.496 e. The molecule has 6 nitrogen and oxygen atoms in total. The maximum atomic E-state index is 14.0. The van der Waals surface area contributed by atoms with Gasteiger partial charge in [-0.05, 0) is 31.4 Å². The van der Waals surface area contributed by atoms with Crippen molar-refractivity contribution in [2.45, 2.75) is 25.3 Å². The fourth-order valence-electron chi connectivity index (χ4n) is 2.57. The number of likely N-dealkylation sites (tertiary alicyclic amines) is 1. The van der Waals surface area contributed by atoms with Crippen molar-refractivity contribution in [1.29, 1.82) is 0 Å². The van der Waals surface area contributed by atoms with E-state index in [2.05, 4.69) is 5.16 Å². The van der Waals surface area contributed by atoms with E-state index in [9.17, 15) is 9.18 Å². The van der Waals surface area contributed by atoms with Gasteiger partial charge in [-0.25, -0.2) is 4.39 Å². The average molecular weight is 295 g/mol. The fourth-order valence-corrected chi connectivity index (χ4v) is 2.57. The topological polar surface area (TPSA) is 88.2 Å². The molecule has 3 N–H and O–H groups in total. The van der Waals surface area contributed by atoms with Crippen molar-refractivity contribution in [3.63, 3.8) is 0 Å². The molecule has 1 amide bonds. The minimum atomic E-state index is -0.650. The number of carbonyl (C=O) groups excluding carboxylic acids is 1. The highest BCUT2D eigenvalue weighted by molar-refractivity contribution is 6.00. The van der Waals surface area contributed by atoms with E-state index in [1.54, 1.807) is 0 Å². The number of benzene rings is 1. The molecule has 1 unspecified atom stereocenters. The van der Waals surface area contributed by atoms with Crippen molar-refractivity contribution >= 4 is 11.7 Å². The lowest BCUT2D eigenvalue weighted by atomic mass is 9.99. The van der Waals surface area contributed by atoms with Gasteiger partial charge in [0.25, 0.3) is 5.91 Å². The molecule has 1 aromatic carbocycles. The van der Waals surface area contributed by atoms with Crippen LogP contribution in [0.15, 0.2) is 23.4 Å². The second-order valence-corrected chi connectivity index (χ2v) is 4.85. The van der Waals surface area contributed by atoms with Gasteiger partial charge >= 0.3 is 0 Å². The van der Waals surface area contributed by atoms with Gasteiger partial charge in [-0.2, -0.15) is 0 Å². The van der Waals surface area contributed by atoms with Crippen LogP contribution in [0.25, 0.3) is 0 Å². The molecule has 1 aliphatic heterocycles. The second kappa shape index (κ2) is 6.43. The number of amidine groups is 1. The van der Waals surface area contributed by atoms with E-state index < -0.39 is 17.8 Å². The molecule has 0 aromatic heterocycles. The standard InChI is InChI=1S/C14H18FN3O3/c1-21-11-7-4-5-9(15)12(11)14(19)18-8-3-2-6-10(18)13(16)17-20/h4-5,7,10,20H,2-3,6,8H2,1H3,(H2,16,17). The molecule has 0 saturated carbocycles. The number of ether oxygens (including phenoxy) is 1. The first-order chi connectivity index (χ1) is 10.1. The summed E-state index contributed by atoms with van der Waals surface area (Å²) in [6.45, 7) is 0.428. The number of nitrogens with zero attached hydrogens (tertiary/aromatic N) is 2. The van der Waals surface area contributed by atoms with Gasteiger partial charge in [0.2, 0.25) is 0 Å². The molecular formula is C14H18FN3O3. The van der Waals surface area contributed by atoms with E-state index in [0.717, 1.165) is 12.8 Å². The first kappa shape index (κ1) is 15.1. The van der Waals surface area contributed by atoms with Crippen LogP contribution in [-0.2, 0) is 0 Å². The monoisotopic (exact) mass is 295 g/mol. The molecule has 1 atom stereocenters. The van der Waals surface area contributed by atoms with Gasteiger partial charge in [0.1, 0.15) is 17.1 Å². The summed E-state index contributed by atoms with van der Waals surface area (Å²) in [6, 6.07) is 3.68. The van der Waals surface area contributed by atoms with Crippen molar-refractivity contribution in [2.75, 3.05) is 13.7 Å². The highest BCUT2D eigenvalue weighted by Crippen LogP contribution is 2.26. The normalized spacial score (nSPS) is 19.4. The SMILES string of the molecule is COc1cccc(F)c1C(=O)N1CCCCC1C(N)=NO. The van der Waals surface area contributed by atoms with Crippen molar-refractivity contribution in [3.05, 3.63) is 29.6 Å². The molecule has 1 fully saturated rings. The van der Waals surface area contributed by atoms with Crippen molar-refractivity contribution in [3.8, 4) is 5.75 Å². The van der Waals surface area contributed by atoms with Crippen molar-refractivity contribution in [1.82, 2.24) is 4.90 Å². The third-order valence-corrected chi connectivity index (χ3v) is 3.63. The Labute approximate surface area is 122 Å². The third kappa shape index (κ3) is 2.91. The van der Waals surface area contributed by atoms with Crippen molar-refractivity contribution in [2.24, 2.45) is 10.9 Å². The summed E-state index contributed by atoms with van der Waals surface area (Å²) in [5.74, 6) is -1.04. The molecule has 2 rings (SSSR count). The average Bonchev–Trinajstić information content (AvgIpc) is 2.53. The predicted octanol–water partition coefficient (Wildman–Crippen LogP) is 1.58. The van der Waals surface area contributed by atoms with Crippen LogP contribution in [0.1, 0.15) is 29.6 Å². The maximum Gasteiger partial charge on any atom is 0.261 e. The number of piperidine rings is 1. The minimum absolute atomic E-state index is 0.0432. The first-order valence-corrected chi connectivity index (χ1v) is 6.71. The number of halogens is 1. The zero-order valence-corrected chi connectivity index (χ0v) is 11.8. The fraction of sp³-hybridized carbons (Fsp3) is 0.429. The summed E-state index contributed by atoms with van der Waals surface area (Å²) in [6.07, 6.45) is 2.23. The second-order valence-electron chi connectivity index (χ2n) is 4.85. The highest BCUT2D eigenvalue weighted by atomic mass is 19.1. The van der Waals surface area contributed by atoms with E-state index in [4.69, 9.17) is 15.7 Å². The smallest absolute Gasteiger partial charge is 0.261 e. The molecular weight excluding hydrogens is 277 g/mol. The van der Waals surface area contributed by atoms with E-state index >= 15 is 0 Å². The molecule has 1 aliphatic rings. The summed E-state index contributed by atoms with van der Waals surface area (Å²) in [4.78, 5) is 14.1. The lowest BCUT2D eigenvalue weighted by Crippen LogP contribution is -2.50. The number of nitrogens with two attached hydrogens (primary N) is 1. The number of methoxy groups -OCH3 is 1. The largest absolute Gasteiger partial charge is 0.496 e. The lowest BCUT2D eigenvalue weighted by Gasteiger charge is -2.35. The van der Waals surface area contributed by atoms with E-state index in [1.807, 2.05) is 0 Å². The van der Waals surface area contributed by atoms with Crippen LogP contribution in [0.5, 0.6) is 5.75 Å². The van der Waals surface area contributed by atoms with Crippen LogP contribution in [0.3, 0.4) is 0 Å². The number of amides is 1. The van der Waals surface area contributed by atoms with E-state index in [-0.39, 0.29) is 17.1 Å². The molecule has 0 aliphatic carbocycles. The van der Waals surface area contributed by atoms with Crippen LogP contribution >= 0.6 is 0 Å². The summed E-state index contributed by atoms with van der Waals surface area (Å²) < 4.78 is 19.1. The number of oxime groups is 1. The molecule has 1 aromatic rings. The maximum absolute atomic E-state index is 14.0. The molecule has 7 heteroatoms. The van der Waals surface area contributed by atoms with Gasteiger partial charge in [-0.15, -0.1) is 0 Å². The Kier molecular flexibility index (Phi) is 4.62. The van der Waals surface area contributed by atoms with Gasteiger partial charge < -0.3 is 20.6 Å². The Morgan fingerprint density at radius 3 is 2.95 bits per heavy atom. The molecule has 1 saturated heterocycles. The Morgan fingerprint density at radius 1 is 1.52 bits per heavy atom. The molecule has 0 bridgehead atoms. The Hall–Kier alpha value is -2.31. The molecule has 114 valence electrons. The number of carbonyl (C=O) groups is 1. The Bertz CT molecular complexity index is 562. The molecule has 1 heterocycles. The Balaban J connectivity index is 2.38. The summed E-state index contributed by atoms with van der Waals surface area (Å²) in [5.41, 5.74) is 5.52. The summed E-state index contributed by atoms with van der Waals surface area (Å²) >= 11 is 0. The van der Waals surface area contributed by atoms with E-state index in [0.29, 0.717) is 13.0 Å². The quantitative estimate of drug-likeness (QED) is 0.383. The van der Waals surface area contributed by atoms with Crippen molar-refractivity contribution < 1.29 is 19.1 Å². The van der Waals surface area contributed by atoms with Gasteiger partial charge in [-0.3, -0.25) is 4.79 Å². The molecule has 0 spiro atoms.